The highest BCUT2D eigenvalue weighted by molar-refractivity contribution is 5.83. The van der Waals surface area contributed by atoms with E-state index in [1.54, 1.807) is 0 Å². The van der Waals surface area contributed by atoms with Gasteiger partial charge in [-0.15, -0.1) is 0 Å². The minimum absolute atomic E-state index is 0.0148. The molecular weight excluding hydrogens is 709 g/mol. The average Bonchev–Trinajstić information content (AvgIpc) is 3.20. The van der Waals surface area contributed by atoms with Crippen molar-refractivity contribution in [2.45, 2.75) is 270 Å². The summed E-state index contributed by atoms with van der Waals surface area (Å²) in [5.41, 5.74) is 5.49. The first kappa shape index (κ1) is 54.9. The Morgan fingerprint density at radius 3 is 1.35 bits per heavy atom. The highest BCUT2D eigenvalue weighted by Crippen LogP contribution is 2.19. The molecule has 0 aromatic heterocycles. The van der Waals surface area contributed by atoms with Crippen LogP contribution in [0.5, 0.6) is 0 Å². The molecule has 0 aliphatic heterocycles. The van der Waals surface area contributed by atoms with E-state index in [9.17, 15) is 19.5 Å². The Labute approximate surface area is 353 Å². The number of carboxylic acids is 1. The zero-order valence-corrected chi connectivity index (χ0v) is 37.7. The number of rotatable bonds is 45. The molecule has 334 valence electrons. The van der Waals surface area contributed by atoms with Gasteiger partial charge in [-0.25, -0.2) is 4.79 Å². The zero-order chi connectivity index (χ0) is 41.7. The number of carboxylic acid groups (broad SMARTS) is 1. The van der Waals surface area contributed by atoms with Crippen LogP contribution in [0.2, 0.25) is 0 Å². The average molecular weight is 803 g/mol. The second-order valence-electron chi connectivity index (χ2n) is 16.9. The number of hydrogen-bond donors (Lipinski definition) is 3. The third kappa shape index (κ3) is 41.8. The molecule has 0 rings (SSSR count). The molecule has 1 amide bonds. The van der Waals surface area contributed by atoms with Crippen LogP contribution in [0.15, 0.2) is 24.3 Å². The largest absolute Gasteiger partial charge is 0.480 e. The number of carbonyl (C=O) groups is 3. The summed E-state index contributed by atoms with van der Waals surface area (Å²) in [4.78, 5) is 36.5. The molecule has 4 N–H and O–H groups in total. The highest BCUT2D eigenvalue weighted by Gasteiger charge is 2.19. The molecule has 0 aliphatic rings. The van der Waals surface area contributed by atoms with Gasteiger partial charge >= 0.3 is 11.9 Å². The van der Waals surface area contributed by atoms with Gasteiger partial charge in [-0.2, -0.15) is 0 Å². The van der Waals surface area contributed by atoms with Crippen LogP contribution in [0.1, 0.15) is 258 Å². The Kier molecular flexibility index (Phi) is 43.2. The summed E-state index contributed by atoms with van der Waals surface area (Å²) in [5, 5.41) is 12.0. The summed E-state index contributed by atoms with van der Waals surface area (Å²) in [6.45, 7) is 4.95. The van der Waals surface area contributed by atoms with Crippen molar-refractivity contribution in [2.75, 3.05) is 6.54 Å². The maximum atomic E-state index is 12.8. The smallest absolute Gasteiger partial charge is 0.326 e. The van der Waals surface area contributed by atoms with Crippen LogP contribution in [0.25, 0.3) is 0 Å². The summed E-state index contributed by atoms with van der Waals surface area (Å²) < 4.78 is 6.06. The van der Waals surface area contributed by atoms with Gasteiger partial charge in [0.15, 0.2) is 0 Å². The van der Waals surface area contributed by atoms with Gasteiger partial charge in [0.1, 0.15) is 12.1 Å². The van der Waals surface area contributed by atoms with Crippen molar-refractivity contribution in [2.24, 2.45) is 5.73 Å². The number of amides is 1. The number of nitrogens with two attached hydrogens (primary N) is 1. The zero-order valence-electron chi connectivity index (χ0n) is 37.7. The topological polar surface area (TPSA) is 119 Å². The molecule has 0 spiro atoms. The van der Waals surface area contributed by atoms with Crippen LogP contribution in [-0.4, -0.2) is 41.6 Å². The van der Waals surface area contributed by atoms with Crippen molar-refractivity contribution in [3.63, 3.8) is 0 Å². The number of unbranched alkanes of at least 4 members (excludes halogenated alkanes) is 27. The Morgan fingerprint density at radius 2 is 0.912 bits per heavy atom. The van der Waals surface area contributed by atoms with Gasteiger partial charge in [0, 0.05) is 12.8 Å². The van der Waals surface area contributed by atoms with Gasteiger partial charge in [-0.3, -0.25) is 9.59 Å². The standard InChI is InChI=1S/C50H94N2O5/c1-3-5-7-9-11-13-15-16-17-18-19-20-21-22-23-24-25-27-29-34-38-44-49(54)57-46(40-35-31-28-26-14-12-10-8-6-4-2)41-36-32-30-33-37-43-48(53)52-47(50(55)56)42-39-45-51/h15-16,18-19,46-47H,3-14,17,20-45,51H2,1-2H3,(H,52,53)(H,55,56)/b16-15-,19-18-. The lowest BCUT2D eigenvalue weighted by molar-refractivity contribution is -0.150. The number of carbonyl (C=O) groups excluding carboxylic acids is 2. The molecule has 0 heterocycles. The second kappa shape index (κ2) is 44.9. The fourth-order valence-electron chi connectivity index (χ4n) is 7.54. The summed E-state index contributed by atoms with van der Waals surface area (Å²) in [6, 6.07) is -0.855. The second-order valence-corrected chi connectivity index (χ2v) is 16.9. The maximum absolute atomic E-state index is 12.8. The third-order valence-electron chi connectivity index (χ3n) is 11.3. The number of esters is 1. The molecule has 0 aromatic carbocycles. The van der Waals surface area contributed by atoms with Crippen molar-refractivity contribution in [1.29, 1.82) is 0 Å². The van der Waals surface area contributed by atoms with Crippen molar-refractivity contribution in [1.82, 2.24) is 5.32 Å². The molecule has 0 radical (unpaired) electrons. The summed E-state index contributed by atoms with van der Waals surface area (Å²) in [6.07, 6.45) is 52.3. The van der Waals surface area contributed by atoms with Crippen molar-refractivity contribution < 1.29 is 24.2 Å². The first-order chi connectivity index (χ1) is 27.9. The molecular formula is C50H94N2O5. The third-order valence-corrected chi connectivity index (χ3v) is 11.3. The minimum atomic E-state index is -1.00. The van der Waals surface area contributed by atoms with E-state index in [1.807, 2.05) is 0 Å². The van der Waals surface area contributed by atoms with Crippen LogP contribution < -0.4 is 11.1 Å². The summed E-state index contributed by atoms with van der Waals surface area (Å²) in [5.74, 6) is -1.22. The molecule has 0 aliphatic carbocycles. The number of allylic oxidation sites excluding steroid dienone is 4. The van der Waals surface area contributed by atoms with Crippen LogP contribution in [0.4, 0.5) is 0 Å². The van der Waals surface area contributed by atoms with E-state index in [4.69, 9.17) is 10.5 Å². The number of nitrogens with one attached hydrogen (secondary N) is 1. The lowest BCUT2D eigenvalue weighted by Crippen LogP contribution is -2.40. The van der Waals surface area contributed by atoms with Gasteiger partial charge < -0.3 is 20.9 Å². The first-order valence-corrected chi connectivity index (χ1v) is 24.7. The predicted molar refractivity (Wildman–Crippen MR) is 244 cm³/mol. The summed E-state index contributed by atoms with van der Waals surface area (Å²) >= 11 is 0. The van der Waals surface area contributed by atoms with Gasteiger partial charge in [-0.05, 0) is 90.0 Å². The molecule has 57 heavy (non-hydrogen) atoms. The van der Waals surface area contributed by atoms with Gasteiger partial charge in [-0.1, -0.05) is 186 Å². The van der Waals surface area contributed by atoms with Crippen molar-refractivity contribution in [3.8, 4) is 0 Å². The molecule has 2 unspecified atom stereocenters. The monoisotopic (exact) mass is 803 g/mol. The number of hydrogen-bond acceptors (Lipinski definition) is 5. The van der Waals surface area contributed by atoms with Crippen molar-refractivity contribution >= 4 is 17.8 Å². The fourth-order valence-corrected chi connectivity index (χ4v) is 7.54. The van der Waals surface area contributed by atoms with E-state index in [0.717, 1.165) is 70.6 Å². The molecule has 0 saturated carbocycles. The lowest BCUT2D eigenvalue weighted by atomic mass is 10.0. The highest BCUT2D eigenvalue weighted by atomic mass is 16.5. The fraction of sp³-hybridized carbons (Fsp3) is 0.860. The molecule has 0 bridgehead atoms. The van der Waals surface area contributed by atoms with Crippen molar-refractivity contribution in [3.05, 3.63) is 24.3 Å². The van der Waals surface area contributed by atoms with E-state index in [-0.39, 0.29) is 18.0 Å². The van der Waals surface area contributed by atoms with Crippen LogP contribution in [0.3, 0.4) is 0 Å². The predicted octanol–water partition coefficient (Wildman–Crippen LogP) is 14.4. The van der Waals surface area contributed by atoms with E-state index in [2.05, 4.69) is 43.5 Å². The minimum Gasteiger partial charge on any atom is -0.480 e. The number of ether oxygens (including phenoxy) is 1. The van der Waals surface area contributed by atoms with Gasteiger partial charge in [0.05, 0.1) is 0 Å². The van der Waals surface area contributed by atoms with Gasteiger partial charge in [0.2, 0.25) is 5.91 Å². The Balaban J connectivity index is 4.17. The molecule has 0 saturated heterocycles. The van der Waals surface area contributed by atoms with Crippen LogP contribution in [0, 0.1) is 0 Å². The SMILES string of the molecule is CCCCCCC/C=C\C/C=C\CCCCCCCCCCCC(=O)OC(CCCCCCCCCCCC)CCCCCCCC(=O)NC(CCCN)C(=O)O. The molecule has 7 heteroatoms. The molecule has 0 aromatic rings. The number of aliphatic carboxylic acids is 1. The lowest BCUT2D eigenvalue weighted by Gasteiger charge is -2.18. The summed E-state index contributed by atoms with van der Waals surface area (Å²) in [7, 11) is 0. The normalized spacial score (nSPS) is 12.8. The van der Waals surface area contributed by atoms with E-state index < -0.39 is 12.0 Å². The van der Waals surface area contributed by atoms with E-state index in [1.165, 1.54) is 148 Å². The van der Waals surface area contributed by atoms with E-state index in [0.29, 0.717) is 32.2 Å². The Bertz CT molecular complexity index is 951. The molecule has 2 atom stereocenters. The van der Waals surface area contributed by atoms with E-state index >= 15 is 0 Å². The first-order valence-electron chi connectivity index (χ1n) is 24.7. The van der Waals surface area contributed by atoms with Crippen LogP contribution >= 0.6 is 0 Å². The van der Waals surface area contributed by atoms with Crippen LogP contribution in [-0.2, 0) is 19.1 Å². The Hall–Kier alpha value is -2.15. The van der Waals surface area contributed by atoms with Gasteiger partial charge in [0.25, 0.3) is 0 Å². The Morgan fingerprint density at radius 1 is 0.509 bits per heavy atom. The maximum Gasteiger partial charge on any atom is 0.326 e. The molecule has 0 fully saturated rings. The molecule has 7 nitrogen and oxygen atoms in total. The quantitative estimate of drug-likeness (QED) is 0.0320.